The molecule has 7 heteroatoms. The lowest BCUT2D eigenvalue weighted by atomic mass is 11.0. The first-order chi connectivity index (χ1) is 6.15. The molecule has 0 aromatic carbocycles. The number of rotatable bonds is 0. The zero-order valence-electron chi connectivity index (χ0n) is 8.42. The maximum absolute atomic E-state index is 8.08. The molecule has 0 amide bonds. The van der Waals surface area contributed by atoms with E-state index >= 15 is 0 Å². The molecule has 6 N–H and O–H groups in total. The third-order valence-electron chi connectivity index (χ3n) is 1.06. The van der Waals surface area contributed by atoms with Gasteiger partial charge < -0.3 is 16.4 Å². The molecule has 0 aliphatic heterocycles. The maximum Gasteiger partial charge on any atom is 0.214 e. The highest BCUT2D eigenvalue weighted by Gasteiger charge is 1.81. The predicted octanol–water partition coefficient (Wildman–Crippen LogP) is -1.68. The van der Waals surface area contributed by atoms with E-state index in [1.54, 1.807) is 28.2 Å². The number of hydrogen-bond donors (Lipinski definition) is 5. The first kappa shape index (κ1) is 14.0. The number of nitrogens with zero attached hydrogens (tertiary/aromatic N) is 2. The van der Waals surface area contributed by atoms with Gasteiger partial charge in [0.05, 0.1) is 0 Å². The normalized spacial score (nSPS) is 11.2. The Labute approximate surface area is 78.1 Å². The van der Waals surface area contributed by atoms with Crippen molar-refractivity contribution in [2.75, 3.05) is 28.2 Å². The summed E-state index contributed by atoms with van der Waals surface area (Å²) in [5, 5.41) is 13.3. The molecule has 0 heterocycles. The van der Waals surface area contributed by atoms with E-state index < -0.39 is 0 Å². The maximum atomic E-state index is 8.08. The van der Waals surface area contributed by atoms with Gasteiger partial charge in [0.25, 0.3) is 0 Å². The molecule has 0 aliphatic carbocycles. The van der Waals surface area contributed by atoms with Crippen molar-refractivity contribution in [2.24, 2.45) is 15.7 Å². The van der Waals surface area contributed by atoms with Crippen molar-refractivity contribution in [3.63, 3.8) is 0 Å². The van der Waals surface area contributed by atoms with E-state index in [0.717, 1.165) is 0 Å². The molecule has 7 nitrogen and oxygen atoms in total. The zero-order chi connectivity index (χ0) is 10.7. The molecule has 0 saturated carbocycles. The van der Waals surface area contributed by atoms with Crippen LogP contribution in [-0.4, -0.2) is 45.3 Å². The van der Waals surface area contributed by atoms with Crippen LogP contribution in [-0.2, 0) is 0 Å². The molecule has 0 aliphatic rings. The van der Waals surface area contributed by atoms with E-state index in [9.17, 15) is 0 Å². The van der Waals surface area contributed by atoms with Gasteiger partial charge in [0.2, 0.25) is 5.96 Å². The standard InChI is InChI=1S/C3H9N3O.C3H9N3/c1-4-3(5-2)6-7;1-5-3(4)6-2/h7H,1-2H3,(H2,4,5,6);1-2H3,(H3,4,5,6). The number of hydrogen-bond acceptors (Lipinski definition) is 3. The van der Waals surface area contributed by atoms with Crippen LogP contribution in [0.3, 0.4) is 0 Å². The van der Waals surface area contributed by atoms with Gasteiger partial charge in [-0.3, -0.25) is 15.2 Å². The minimum atomic E-state index is 0.361. The van der Waals surface area contributed by atoms with Crippen LogP contribution in [0.25, 0.3) is 0 Å². The minimum absolute atomic E-state index is 0.361. The van der Waals surface area contributed by atoms with E-state index in [1.165, 1.54) is 0 Å². The Balaban J connectivity index is 0. The third kappa shape index (κ3) is 10.5. The monoisotopic (exact) mass is 190 g/mol. The summed E-state index contributed by atoms with van der Waals surface area (Å²) < 4.78 is 0. The van der Waals surface area contributed by atoms with Gasteiger partial charge in [-0.15, -0.1) is 0 Å². The number of nitrogens with one attached hydrogen (secondary N) is 3. The summed E-state index contributed by atoms with van der Waals surface area (Å²) in [6.45, 7) is 0. The average molecular weight is 190 g/mol. The smallest absolute Gasteiger partial charge is 0.214 e. The Morgan fingerprint density at radius 2 is 1.69 bits per heavy atom. The molecule has 0 unspecified atom stereocenters. The molecule has 13 heavy (non-hydrogen) atoms. The molecule has 0 bridgehead atoms. The number of guanidine groups is 2. The first-order valence-corrected chi connectivity index (χ1v) is 3.60. The van der Waals surface area contributed by atoms with Crippen molar-refractivity contribution >= 4 is 11.9 Å². The summed E-state index contributed by atoms with van der Waals surface area (Å²) in [7, 11) is 6.58. The van der Waals surface area contributed by atoms with Gasteiger partial charge in [0.1, 0.15) is 0 Å². The van der Waals surface area contributed by atoms with Gasteiger partial charge >= 0.3 is 0 Å². The van der Waals surface area contributed by atoms with Gasteiger partial charge in [-0.2, -0.15) is 0 Å². The molecule has 0 atom stereocenters. The van der Waals surface area contributed by atoms with Crippen LogP contribution in [0.15, 0.2) is 9.98 Å². The Bertz CT molecular complexity index is 161. The topological polar surface area (TPSA) is 107 Å². The molecule has 0 rings (SSSR count). The second-order valence-corrected chi connectivity index (χ2v) is 1.79. The fourth-order valence-electron chi connectivity index (χ4n) is 0.330. The van der Waals surface area contributed by atoms with Crippen molar-refractivity contribution in [1.82, 2.24) is 16.1 Å². The van der Waals surface area contributed by atoms with E-state index in [-0.39, 0.29) is 0 Å². The largest absolute Gasteiger partial charge is 0.370 e. The van der Waals surface area contributed by atoms with Crippen molar-refractivity contribution < 1.29 is 5.21 Å². The molecular formula is C6H18N6O. The SMILES string of the molecule is CN=C(N)NC.CN=C(NC)NO. The third-order valence-corrected chi connectivity index (χ3v) is 1.06. The van der Waals surface area contributed by atoms with Crippen LogP contribution in [0.2, 0.25) is 0 Å². The van der Waals surface area contributed by atoms with Crippen LogP contribution in [0, 0.1) is 0 Å². The first-order valence-electron chi connectivity index (χ1n) is 3.60. The highest BCUT2D eigenvalue weighted by Crippen LogP contribution is 1.54. The summed E-state index contributed by atoms with van der Waals surface area (Å²) >= 11 is 0. The summed E-state index contributed by atoms with van der Waals surface area (Å²) in [5.74, 6) is 0.829. The van der Waals surface area contributed by atoms with E-state index in [2.05, 4.69) is 20.6 Å². The van der Waals surface area contributed by atoms with Gasteiger partial charge in [-0.05, 0) is 0 Å². The molecular weight excluding hydrogens is 172 g/mol. The van der Waals surface area contributed by atoms with Crippen LogP contribution in [0.5, 0.6) is 0 Å². The second kappa shape index (κ2) is 10.5. The van der Waals surface area contributed by atoms with E-state index in [0.29, 0.717) is 11.9 Å². The Morgan fingerprint density at radius 1 is 1.15 bits per heavy atom. The molecule has 0 radical (unpaired) electrons. The van der Waals surface area contributed by atoms with E-state index in [1.807, 2.05) is 5.48 Å². The van der Waals surface area contributed by atoms with Crippen molar-refractivity contribution in [3.05, 3.63) is 0 Å². The fourth-order valence-corrected chi connectivity index (χ4v) is 0.330. The number of aliphatic imine (C=N–C) groups is 2. The van der Waals surface area contributed by atoms with Gasteiger partial charge in [0.15, 0.2) is 5.96 Å². The summed E-state index contributed by atoms with van der Waals surface area (Å²) in [6.07, 6.45) is 0. The number of nitrogens with two attached hydrogens (primary N) is 1. The quantitative estimate of drug-likeness (QED) is 0.178. The summed E-state index contributed by atoms with van der Waals surface area (Å²) in [5.41, 5.74) is 6.95. The lowest BCUT2D eigenvalue weighted by Crippen LogP contribution is -2.31. The Morgan fingerprint density at radius 3 is 1.69 bits per heavy atom. The zero-order valence-corrected chi connectivity index (χ0v) is 8.42. The van der Waals surface area contributed by atoms with Gasteiger partial charge in [-0.25, -0.2) is 5.48 Å². The van der Waals surface area contributed by atoms with Gasteiger partial charge in [-0.1, -0.05) is 0 Å². The lowest BCUT2D eigenvalue weighted by molar-refractivity contribution is 0.230. The molecule has 0 spiro atoms. The van der Waals surface area contributed by atoms with Crippen molar-refractivity contribution in [1.29, 1.82) is 0 Å². The van der Waals surface area contributed by atoms with Gasteiger partial charge in [0, 0.05) is 28.2 Å². The molecule has 0 saturated heterocycles. The molecule has 0 aromatic heterocycles. The highest BCUT2D eigenvalue weighted by molar-refractivity contribution is 5.78. The van der Waals surface area contributed by atoms with Crippen LogP contribution < -0.4 is 21.8 Å². The fraction of sp³-hybridized carbons (Fsp3) is 0.667. The lowest BCUT2D eigenvalue weighted by Gasteiger charge is -1.97. The molecule has 0 fully saturated rings. The summed E-state index contributed by atoms with van der Waals surface area (Å²) in [6, 6.07) is 0. The summed E-state index contributed by atoms with van der Waals surface area (Å²) in [4.78, 5) is 7.16. The second-order valence-electron chi connectivity index (χ2n) is 1.79. The van der Waals surface area contributed by atoms with Crippen LogP contribution in [0.1, 0.15) is 0 Å². The van der Waals surface area contributed by atoms with E-state index in [4.69, 9.17) is 10.9 Å². The highest BCUT2D eigenvalue weighted by atomic mass is 16.5. The molecule has 78 valence electrons. The van der Waals surface area contributed by atoms with Crippen LogP contribution >= 0.6 is 0 Å². The average Bonchev–Trinajstić information content (AvgIpc) is 2.20. The van der Waals surface area contributed by atoms with Crippen LogP contribution in [0.4, 0.5) is 0 Å². The van der Waals surface area contributed by atoms with Crippen molar-refractivity contribution in [3.8, 4) is 0 Å². The predicted molar refractivity (Wildman–Crippen MR) is 53.9 cm³/mol. The minimum Gasteiger partial charge on any atom is -0.370 e. The van der Waals surface area contributed by atoms with Crippen molar-refractivity contribution in [2.45, 2.75) is 0 Å². The number of hydroxylamine groups is 1. The Hall–Kier alpha value is -1.50. The Kier molecular flexibility index (Phi) is 11.3. The molecule has 0 aromatic rings.